The number of carboxylic acids is 3. The minimum Gasteiger partial charge on any atom is -0.481 e. The molecule has 0 aromatic heterocycles. The molecule has 0 saturated heterocycles. The zero-order chi connectivity index (χ0) is 46.2. The molecule has 21 nitrogen and oxygen atoms in total. The molecule has 7 amide bonds. The highest BCUT2D eigenvalue weighted by molar-refractivity contribution is 5.98. The van der Waals surface area contributed by atoms with Gasteiger partial charge in [0.1, 0.15) is 42.3 Å². The molecule has 0 aliphatic heterocycles. The zero-order valence-electron chi connectivity index (χ0n) is 36.0. The van der Waals surface area contributed by atoms with Gasteiger partial charge in [0.05, 0.1) is 18.9 Å². The van der Waals surface area contributed by atoms with Crippen LogP contribution in [0.3, 0.4) is 0 Å². The second kappa shape index (κ2) is 24.6. The van der Waals surface area contributed by atoms with Crippen molar-refractivity contribution in [3.8, 4) is 0 Å². The van der Waals surface area contributed by atoms with E-state index >= 15 is 0 Å². The van der Waals surface area contributed by atoms with Gasteiger partial charge in [0.2, 0.25) is 41.4 Å². The maximum Gasteiger partial charge on any atom is 0.326 e. The average Bonchev–Trinajstić information content (AvgIpc) is 3.10. The van der Waals surface area contributed by atoms with Crippen molar-refractivity contribution in [2.45, 2.75) is 144 Å². The van der Waals surface area contributed by atoms with Gasteiger partial charge in [0.15, 0.2) is 0 Å². The Balaban J connectivity index is 6.20. The normalized spacial score (nSPS) is 15.6. The van der Waals surface area contributed by atoms with E-state index in [1.165, 1.54) is 13.8 Å². The molecule has 21 heteroatoms. The Morgan fingerprint density at radius 1 is 0.356 bits per heavy atom. The third kappa shape index (κ3) is 18.0. The molecule has 0 rings (SSSR count). The second-order valence-corrected chi connectivity index (χ2v) is 16.6. The molecule has 0 spiro atoms. The maximum atomic E-state index is 13.8. The minimum absolute atomic E-state index is 0.198. The first-order valence-electron chi connectivity index (χ1n) is 19.6. The van der Waals surface area contributed by atoms with Crippen molar-refractivity contribution in [1.29, 1.82) is 0 Å². The summed E-state index contributed by atoms with van der Waals surface area (Å²) in [6, 6.07) is -10.8. The summed E-state index contributed by atoms with van der Waals surface area (Å²) < 4.78 is 0. The second-order valence-electron chi connectivity index (χ2n) is 16.6. The van der Waals surface area contributed by atoms with E-state index in [4.69, 9.17) is 10.8 Å². The first-order valence-corrected chi connectivity index (χ1v) is 19.6. The van der Waals surface area contributed by atoms with E-state index in [-0.39, 0.29) is 11.8 Å². The topological polar surface area (TPSA) is 342 Å². The van der Waals surface area contributed by atoms with Crippen LogP contribution in [0, 0.1) is 35.5 Å². The van der Waals surface area contributed by atoms with E-state index in [2.05, 4.69) is 31.9 Å². The summed E-state index contributed by atoms with van der Waals surface area (Å²) in [6.45, 7) is 19.8. The molecule has 12 N–H and O–H groups in total. The van der Waals surface area contributed by atoms with Crippen LogP contribution in [-0.4, -0.2) is 123 Å². The Kier molecular flexibility index (Phi) is 22.3. The smallest absolute Gasteiger partial charge is 0.326 e. The van der Waals surface area contributed by atoms with Gasteiger partial charge in [-0.1, -0.05) is 83.1 Å². The van der Waals surface area contributed by atoms with E-state index in [0.29, 0.717) is 0 Å². The van der Waals surface area contributed by atoms with Crippen LogP contribution in [0.15, 0.2) is 0 Å². The molecular weight excluding hydrogens is 776 g/mol. The summed E-state index contributed by atoms with van der Waals surface area (Å²) in [6.07, 6.45) is -2.06. The fourth-order valence-corrected chi connectivity index (χ4v) is 5.49. The molecule has 336 valence electrons. The molecule has 0 bridgehead atoms. The summed E-state index contributed by atoms with van der Waals surface area (Å²) in [5.41, 5.74) is 5.96. The number of hydrogen-bond acceptors (Lipinski definition) is 11. The predicted octanol–water partition coefficient (Wildman–Crippen LogP) is -1.32. The van der Waals surface area contributed by atoms with Crippen molar-refractivity contribution >= 4 is 59.3 Å². The van der Waals surface area contributed by atoms with Crippen LogP contribution < -0.4 is 43.0 Å². The van der Waals surface area contributed by atoms with E-state index in [0.717, 1.165) is 0 Å². The lowest BCUT2D eigenvalue weighted by molar-refractivity contribution is -0.148. The number of rotatable bonds is 25. The lowest BCUT2D eigenvalue weighted by Crippen LogP contribution is -2.63. The molecule has 0 fully saturated rings. The van der Waals surface area contributed by atoms with E-state index in [1.54, 1.807) is 69.2 Å². The van der Waals surface area contributed by atoms with Gasteiger partial charge in [0, 0.05) is 0 Å². The fourth-order valence-electron chi connectivity index (χ4n) is 5.49. The van der Waals surface area contributed by atoms with Crippen LogP contribution >= 0.6 is 0 Å². The van der Waals surface area contributed by atoms with Crippen LogP contribution in [0.25, 0.3) is 0 Å². The SMILES string of the molecule is CC(C)[C@H](N)C(=O)N[C@H](C(=O)N[C@H](C(=O)N[C@H](C(=O)N[C@H](C(=O)N[C@H](C(=O)N[C@@H](CC(=O)O)C(=O)N[C@@H](CC(=O)O)C(=O)O)C(C)C)C(C)C)C(C)C)C(C)C)C(C)C. The summed E-state index contributed by atoms with van der Waals surface area (Å²) in [7, 11) is 0. The van der Waals surface area contributed by atoms with Crippen LogP contribution in [0.5, 0.6) is 0 Å². The first-order chi connectivity index (χ1) is 27.0. The van der Waals surface area contributed by atoms with Crippen molar-refractivity contribution in [1.82, 2.24) is 37.2 Å². The zero-order valence-corrected chi connectivity index (χ0v) is 36.0. The van der Waals surface area contributed by atoms with Crippen LogP contribution in [0.4, 0.5) is 0 Å². The molecule has 59 heavy (non-hydrogen) atoms. The molecule has 0 aliphatic rings. The van der Waals surface area contributed by atoms with E-state index in [1.807, 2.05) is 5.32 Å². The summed E-state index contributed by atoms with van der Waals surface area (Å²) >= 11 is 0. The monoisotopic (exact) mass is 842 g/mol. The van der Waals surface area contributed by atoms with Gasteiger partial charge in [-0.25, -0.2) is 4.79 Å². The quantitative estimate of drug-likeness (QED) is 0.0508. The van der Waals surface area contributed by atoms with Crippen LogP contribution in [0.1, 0.15) is 95.9 Å². The molecular formula is C38H66N8O13. The Labute approximate surface area is 344 Å². The van der Waals surface area contributed by atoms with Gasteiger partial charge in [-0.15, -0.1) is 0 Å². The van der Waals surface area contributed by atoms with Gasteiger partial charge in [-0.2, -0.15) is 0 Å². The number of nitrogens with one attached hydrogen (secondary N) is 7. The fraction of sp³-hybridized carbons (Fsp3) is 0.737. The largest absolute Gasteiger partial charge is 0.481 e. The Hall–Kier alpha value is -5.34. The molecule has 0 saturated carbocycles. The first kappa shape index (κ1) is 53.7. The van der Waals surface area contributed by atoms with Crippen LogP contribution in [0.2, 0.25) is 0 Å². The maximum absolute atomic E-state index is 13.8. The number of nitrogens with two attached hydrogens (primary N) is 1. The Morgan fingerprint density at radius 3 is 0.831 bits per heavy atom. The third-order valence-electron chi connectivity index (χ3n) is 9.26. The lowest BCUT2D eigenvalue weighted by Gasteiger charge is -2.31. The molecule has 0 radical (unpaired) electrons. The Bertz CT molecular complexity index is 1530. The van der Waals surface area contributed by atoms with E-state index < -0.39 is 144 Å². The highest BCUT2D eigenvalue weighted by Gasteiger charge is 2.38. The number of aliphatic carboxylic acids is 3. The van der Waals surface area contributed by atoms with Crippen molar-refractivity contribution in [3.63, 3.8) is 0 Å². The number of carbonyl (C=O) groups is 10. The molecule has 0 aromatic carbocycles. The van der Waals surface area contributed by atoms with Crippen LogP contribution in [-0.2, 0) is 47.9 Å². The van der Waals surface area contributed by atoms with Crippen molar-refractivity contribution in [2.75, 3.05) is 0 Å². The molecule has 0 heterocycles. The summed E-state index contributed by atoms with van der Waals surface area (Å²) in [4.78, 5) is 128. The van der Waals surface area contributed by atoms with Gasteiger partial charge in [0.25, 0.3) is 0 Å². The molecule has 0 aromatic rings. The van der Waals surface area contributed by atoms with E-state index in [9.17, 15) is 58.2 Å². The third-order valence-corrected chi connectivity index (χ3v) is 9.26. The molecule has 8 atom stereocenters. The van der Waals surface area contributed by atoms with Crippen molar-refractivity contribution in [3.05, 3.63) is 0 Å². The summed E-state index contributed by atoms with van der Waals surface area (Å²) in [5, 5.41) is 44.8. The molecule has 0 unspecified atom stereocenters. The minimum atomic E-state index is -1.94. The number of amides is 7. The standard InChI is InChI=1S/C38H66N8O13/c1-15(2)25(39)32(52)42-27(17(5)6)34(54)44-29(19(9)10)36(56)46-30(20(11)12)37(57)45-28(18(7)8)35(55)43-26(16(3)4)33(53)40-21(13-23(47)48)31(51)41-22(38(58)59)14-24(49)50/h15-22,25-30H,13-14,39H2,1-12H3,(H,40,53)(H,41,51)(H,42,52)(H,43,55)(H,44,54)(H,45,57)(H,46,56)(H,47,48)(H,49,50)(H,58,59)/t21-,22-,25-,26-,27-,28-,29-,30-/m0/s1. The highest BCUT2D eigenvalue weighted by atomic mass is 16.4. The van der Waals surface area contributed by atoms with Gasteiger partial charge >= 0.3 is 17.9 Å². The highest BCUT2D eigenvalue weighted by Crippen LogP contribution is 2.13. The number of carboxylic acid groups (broad SMARTS) is 3. The Morgan fingerprint density at radius 2 is 0.593 bits per heavy atom. The number of carbonyl (C=O) groups excluding carboxylic acids is 7. The summed E-state index contributed by atoms with van der Waals surface area (Å²) in [5.74, 6) is -13.6. The lowest BCUT2D eigenvalue weighted by atomic mass is 9.96. The molecule has 0 aliphatic carbocycles. The average molecular weight is 843 g/mol. The number of hydrogen-bond donors (Lipinski definition) is 11. The predicted molar refractivity (Wildman–Crippen MR) is 213 cm³/mol. The van der Waals surface area contributed by atoms with Crippen molar-refractivity contribution < 1.29 is 63.3 Å². The van der Waals surface area contributed by atoms with Gasteiger partial charge < -0.3 is 58.3 Å². The van der Waals surface area contributed by atoms with Crippen molar-refractivity contribution in [2.24, 2.45) is 41.2 Å². The van der Waals surface area contributed by atoms with Gasteiger partial charge in [-0.3, -0.25) is 43.2 Å². The van der Waals surface area contributed by atoms with Gasteiger partial charge in [-0.05, 0) is 35.5 Å².